The van der Waals surface area contributed by atoms with E-state index in [1.807, 2.05) is 30.3 Å². The normalized spacial score (nSPS) is 14.5. The molecule has 262 valence electrons. The molecule has 0 saturated carbocycles. The number of sulfonamides is 2. The molecule has 11 nitrogen and oxygen atoms in total. The van der Waals surface area contributed by atoms with Crippen molar-refractivity contribution in [1.29, 1.82) is 0 Å². The van der Waals surface area contributed by atoms with E-state index in [0.717, 1.165) is 5.56 Å². The monoisotopic (exact) mass is 764 g/mol. The highest BCUT2D eigenvalue weighted by molar-refractivity contribution is 7.93. The van der Waals surface area contributed by atoms with Crippen molar-refractivity contribution in [3.63, 3.8) is 0 Å². The minimum atomic E-state index is -4.20. The number of halogens is 2. The SMILES string of the molecule is COc1ccc(NC2=CC(c3ccccc3)N(c3ccc(OC)c(S(=O)(=O)Nc4ccc(Cl)cc4)c3)C2=O)cc1S(=O)(=O)Nc1ccc(Cl)cc1. The molecule has 0 spiro atoms. The summed E-state index contributed by atoms with van der Waals surface area (Å²) in [5, 5.41) is 3.95. The highest BCUT2D eigenvalue weighted by atomic mass is 35.5. The third-order valence-electron chi connectivity index (χ3n) is 7.83. The molecule has 1 unspecified atom stereocenters. The molecule has 0 fully saturated rings. The molecule has 0 bridgehead atoms. The lowest BCUT2D eigenvalue weighted by atomic mass is 10.1. The largest absolute Gasteiger partial charge is 0.495 e. The molecule has 0 aliphatic carbocycles. The van der Waals surface area contributed by atoms with E-state index in [4.69, 9.17) is 32.7 Å². The van der Waals surface area contributed by atoms with Crippen LogP contribution in [0.4, 0.5) is 22.7 Å². The number of hydrogen-bond donors (Lipinski definition) is 3. The molecule has 5 aromatic carbocycles. The van der Waals surface area contributed by atoms with Gasteiger partial charge in [-0.2, -0.15) is 0 Å². The third-order valence-corrected chi connectivity index (χ3v) is 11.1. The van der Waals surface area contributed by atoms with Gasteiger partial charge in [0.25, 0.3) is 26.0 Å². The van der Waals surface area contributed by atoms with Gasteiger partial charge in [0.15, 0.2) is 0 Å². The Morgan fingerprint density at radius 3 is 1.65 bits per heavy atom. The summed E-state index contributed by atoms with van der Waals surface area (Å²) in [7, 11) is -5.65. The number of rotatable bonds is 12. The molecule has 0 saturated heterocycles. The fraction of sp³-hybridized carbons (Fsp3) is 0.0833. The predicted octanol–water partition coefficient (Wildman–Crippen LogP) is 7.70. The van der Waals surface area contributed by atoms with Crippen LogP contribution in [0.2, 0.25) is 10.0 Å². The van der Waals surface area contributed by atoms with Crippen molar-refractivity contribution in [2.45, 2.75) is 15.8 Å². The molecule has 1 heterocycles. The van der Waals surface area contributed by atoms with Gasteiger partial charge in [-0.25, -0.2) is 16.8 Å². The fourth-order valence-electron chi connectivity index (χ4n) is 5.43. The zero-order valence-electron chi connectivity index (χ0n) is 27.0. The van der Waals surface area contributed by atoms with Gasteiger partial charge in [-0.15, -0.1) is 0 Å². The van der Waals surface area contributed by atoms with E-state index >= 15 is 0 Å². The Kier molecular flexibility index (Phi) is 10.2. The first kappa shape index (κ1) is 35.6. The van der Waals surface area contributed by atoms with E-state index in [-0.39, 0.29) is 44.0 Å². The number of benzene rings is 5. The number of carbonyl (C=O) groups is 1. The highest BCUT2D eigenvalue weighted by Gasteiger charge is 2.36. The van der Waals surface area contributed by atoms with Gasteiger partial charge >= 0.3 is 0 Å². The smallest absolute Gasteiger partial charge is 0.275 e. The van der Waals surface area contributed by atoms with Crippen molar-refractivity contribution in [2.75, 3.05) is 33.9 Å². The van der Waals surface area contributed by atoms with Gasteiger partial charge in [0, 0.05) is 32.8 Å². The Balaban J connectivity index is 1.35. The second kappa shape index (κ2) is 14.6. The van der Waals surface area contributed by atoms with Crippen molar-refractivity contribution in [2.24, 2.45) is 0 Å². The highest BCUT2D eigenvalue weighted by Crippen LogP contribution is 2.40. The molecule has 51 heavy (non-hydrogen) atoms. The number of hydrogen-bond acceptors (Lipinski definition) is 8. The number of methoxy groups -OCH3 is 2. The van der Waals surface area contributed by atoms with Crippen LogP contribution in [-0.4, -0.2) is 37.0 Å². The maximum absolute atomic E-state index is 14.2. The lowest BCUT2D eigenvalue weighted by molar-refractivity contribution is -0.114. The van der Waals surface area contributed by atoms with Crippen LogP contribution in [-0.2, 0) is 24.8 Å². The van der Waals surface area contributed by atoms with E-state index in [2.05, 4.69) is 14.8 Å². The molecule has 1 aliphatic heterocycles. The van der Waals surface area contributed by atoms with Gasteiger partial charge in [-0.3, -0.25) is 19.1 Å². The summed E-state index contributed by atoms with van der Waals surface area (Å²) >= 11 is 11.9. The average molecular weight is 766 g/mol. The summed E-state index contributed by atoms with van der Waals surface area (Å²) in [6, 6.07) is 29.7. The quantitative estimate of drug-likeness (QED) is 0.117. The zero-order chi connectivity index (χ0) is 36.3. The van der Waals surface area contributed by atoms with E-state index in [9.17, 15) is 21.6 Å². The van der Waals surface area contributed by atoms with E-state index in [0.29, 0.717) is 15.7 Å². The molecule has 1 aliphatic rings. The minimum Gasteiger partial charge on any atom is -0.495 e. The Morgan fingerprint density at radius 2 is 1.12 bits per heavy atom. The number of ether oxygens (including phenoxy) is 2. The summed E-state index contributed by atoms with van der Waals surface area (Å²) < 4.78 is 70.0. The summed E-state index contributed by atoms with van der Waals surface area (Å²) in [6.07, 6.45) is 1.69. The van der Waals surface area contributed by atoms with Gasteiger partial charge in [-0.05, 0) is 96.6 Å². The van der Waals surface area contributed by atoms with Crippen molar-refractivity contribution in [1.82, 2.24) is 0 Å². The van der Waals surface area contributed by atoms with Crippen LogP contribution in [0.5, 0.6) is 11.5 Å². The van der Waals surface area contributed by atoms with E-state index in [1.54, 1.807) is 42.5 Å². The number of carbonyl (C=O) groups excluding carboxylic acids is 1. The number of amides is 1. The molecule has 3 N–H and O–H groups in total. The van der Waals surface area contributed by atoms with E-state index in [1.165, 1.54) is 67.7 Å². The zero-order valence-corrected chi connectivity index (χ0v) is 30.1. The van der Waals surface area contributed by atoms with Gasteiger partial charge in [0.05, 0.1) is 20.3 Å². The molecule has 1 amide bonds. The second-order valence-corrected chi connectivity index (χ2v) is 15.3. The Morgan fingerprint density at radius 1 is 0.627 bits per heavy atom. The van der Waals surface area contributed by atoms with Crippen molar-refractivity contribution >= 4 is 71.9 Å². The summed E-state index contributed by atoms with van der Waals surface area (Å²) in [5.41, 5.74) is 1.99. The predicted molar refractivity (Wildman–Crippen MR) is 199 cm³/mol. The van der Waals surface area contributed by atoms with Crippen LogP contribution in [0.25, 0.3) is 0 Å². The Bertz CT molecular complexity index is 2340. The first-order valence-corrected chi connectivity index (χ1v) is 18.9. The van der Waals surface area contributed by atoms with Crippen LogP contribution in [0, 0.1) is 0 Å². The lowest BCUT2D eigenvalue weighted by Gasteiger charge is -2.26. The van der Waals surface area contributed by atoms with Crippen LogP contribution >= 0.6 is 23.2 Å². The molecule has 1 atom stereocenters. The van der Waals surface area contributed by atoms with Gasteiger partial charge in [-0.1, -0.05) is 53.5 Å². The molecule has 0 aromatic heterocycles. The van der Waals surface area contributed by atoms with Gasteiger partial charge in [0.1, 0.15) is 27.0 Å². The van der Waals surface area contributed by atoms with Crippen LogP contribution in [0.15, 0.2) is 137 Å². The number of nitrogens with one attached hydrogen (secondary N) is 3. The maximum atomic E-state index is 14.2. The number of nitrogens with zero attached hydrogens (tertiary/aromatic N) is 1. The first-order chi connectivity index (χ1) is 24.4. The van der Waals surface area contributed by atoms with E-state index < -0.39 is 32.0 Å². The Labute approximate surface area is 305 Å². The molecule has 15 heteroatoms. The van der Waals surface area contributed by atoms with Gasteiger partial charge < -0.3 is 14.8 Å². The third kappa shape index (κ3) is 7.76. The van der Waals surface area contributed by atoms with Crippen molar-refractivity contribution < 1.29 is 31.1 Å². The lowest BCUT2D eigenvalue weighted by Crippen LogP contribution is -2.31. The van der Waals surface area contributed by atoms with Crippen LogP contribution in [0.1, 0.15) is 11.6 Å². The Hall–Kier alpha value is -5.21. The molecular formula is C36H30Cl2N4O7S2. The van der Waals surface area contributed by atoms with Gasteiger partial charge in [0.2, 0.25) is 0 Å². The standard InChI is InChI=1S/C36H30Cl2N4O7S2/c1-48-32-18-16-28(20-34(32)50(44,45)40-26-12-8-24(37)9-13-26)39-30-22-31(23-6-4-3-5-7-23)42(36(30)43)29-17-19-33(49-2)35(21-29)51(46,47)41-27-14-10-25(38)11-15-27/h3-22,31,39-41H,1-2H3. The second-order valence-electron chi connectivity index (χ2n) is 11.2. The molecule has 5 aromatic rings. The fourth-order valence-corrected chi connectivity index (χ4v) is 8.18. The molecule has 0 radical (unpaired) electrons. The first-order valence-electron chi connectivity index (χ1n) is 15.2. The van der Waals surface area contributed by atoms with Crippen molar-refractivity contribution in [3.8, 4) is 11.5 Å². The minimum absolute atomic E-state index is 0.0635. The van der Waals surface area contributed by atoms with Crippen molar-refractivity contribution in [3.05, 3.63) is 143 Å². The van der Waals surface area contributed by atoms with Crippen LogP contribution in [0.3, 0.4) is 0 Å². The summed E-state index contributed by atoms with van der Waals surface area (Å²) in [4.78, 5) is 15.3. The topological polar surface area (TPSA) is 143 Å². The maximum Gasteiger partial charge on any atom is 0.275 e. The van der Waals surface area contributed by atoms with Crippen LogP contribution < -0.4 is 29.1 Å². The number of anilines is 4. The summed E-state index contributed by atoms with van der Waals surface area (Å²) in [6.45, 7) is 0. The average Bonchev–Trinajstić information content (AvgIpc) is 3.45. The molecule has 6 rings (SSSR count). The summed E-state index contributed by atoms with van der Waals surface area (Å²) in [5.74, 6) is -0.354. The molecular weight excluding hydrogens is 735 g/mol.